The lowest BCUT2D eigenvalue weighted by atomic mass is 9.93. The lowest BCUT2D eigenvalue weighted by Gasteiger charge is -2.11. The van der Waals surface area contributed by atoms with Crippen LogP contribution in [0, 0.1) is 6.92 Å². The Kier molecular flexibility index (Phi) is 3.50. The molecule has 4 aromatic rings. The second-order valence-corrected chi connectivity index (χ2v) is 7.12. The van der Waals surface area contributed by atoms with Crippen LogP contribution in [0.4, 0.5) is 0 Å². The summed E-state index contributed by atoms with van der Waals surface area (Å²) in [6.45, 7) is 2.16. The highest BCUT2D eigenvalue weighted by Crippen LogP contribution is 2.39. The Bertz CT molecular complexity index is 1160. The third kappa shape index (κ3) is 2.46. The fourth-order valence-corrected chi connectivity index (χ4v) is 4.09. The van der Waals surface area contributed by atoms with E-state index >= 15 is 0 Å². The lowest BCUT2D eigenvalue weighted by molar-refractivity contribution is 1.31. The van der Waals surface area contributed by atoms with Crippen LogP contribution in [0.1, 0.15) is 22.3 Å². The molecule has 0 N–H and O–H groups in total. The topological polar surface area (TPSA) is 0 Å². The lowest BCUT2D eigenvalue weighted by Crippen LogP contribution is -1.89. The molecule has 0 radical (unpaired) electrons. The van der Waals surface area contributed by atoms with Crippen LogP contribution in [-0.2, 0) is 6.42 Å². The first kappa shape index (κ1) is 15.2. The second-order valence-electron chi connectivity index (χ2n) is 7.12. The molecule has 26 heavy (non-hydrogen) atoms. The van der Waals surface area contributed by atoms with Crippen LogP contribution in [0.5, 0.6) is 0 Å². The molecule has 0 spiro atoms. The first-order chi connectivity index (χ1) is 12.8. The second kappa shape index (κ2) is 6.00. The van der Waals surface area contributed by atoms with Gasteiger partial charge in [-0.15, -0.1) is 0 Å². The monoisotopic (exact) mass is 332 g/mol. The molecule has 0 heteroatoms. The van der Waals surface area contributed by atoms with Gasteiger partial charge < -0.3 is 0 Å². The highest BCUT2D eigenvalue weighted by atomic mass is 14.2. The molecule has 0 atom stereocenters. The summed E-state index contributed by atoms with van der Waals surface area (Å²) in [7, 11) is 0. The Morgan fingerprint density at radius 1 is 0.692 bits per heavy atom. The highest BCUT2D eigenvalue weighted by Gasteiger charge is 2.18. The van der Waals surface area contributed by atoms with Crippen molar-refractivity contribution in [2.45, 2.75) is 13.3 Å². The Morgan fingerprint density at radius 2 is 1.46 bits per heavy atom. The van der Waals surface area contributed by atoms with Crippen LogP contribution in [-0.4, -0.2) is 0 Å². The van der Waals surface area contributed by atoms with E-state index in [-0.39, 0.29) is 0 Å². The van der Waals surface area contributed by atoms with E-state index in [9.17, 15) is 0 Å². The van der Waals surface area contributed by atoms with Crippen LogP contribution in [0.2, 0.25) is 0 Å². The van der Waals surface area contributed by atoms with Gasteiger partial charge in [0.1, 0.15) is 0 Å². The maximum absolute atomic E-state index is 2.39. The zero-order valence-electron chi connectivity index (χ0n) is 14.9. The van der Waals surface area contributed by atoms with Crippen LogP contribution in [0.3, 0.4) is 0 Å². The summed E-state index contributed by atoms with van der Waals surface area (Å²) in [6.07, 6.45) is 3.40. The zero-order valence-corrected chi connectivity index (χ0v) is 14.9. The Labute approximate surface area is 154 Å². The molecule has 0 nitrogen and oxygen atoms in total. The van der Waals surface area contributed by atoms with Crippen molar-refractivity contribution in [2.24, 2.45) is 0 Å². The Balaban J connectivity index is 1.69. The molecular formula is C26H20. The zero-order chi connectivity index (χ0) is 17.5. The number of benzene rings is 4. The smallest absolute Gasteiger partial charge is 0.00134 e. The van der Waals surface area contributed by atoms with Gasteiger partial charge in [-0.2, -0.15) is 0 Å². The van der Waals surface area contributed by atoms with E-state index in [0.29, 0.717) is 0 Å². The molecule has 0 unspecified atom stereocenters. The molecule has 0 fully saturated rings. The van der Waals surface area contributed by atoms with Crippen molar-refractivity contribution < 1.29 is 0 Å². The van der Waals surface area contributed by atoms with Gasteiger partial charge in [-0.3, -0.25) is 0 Å². The summed E-state index contributed by atoms with van der Waals surface area (Å²) in [5.41, 5.74) is 9.52. The van der Waals surface area contributed by atoms with E-state index in [1.807, 2.05) is 0 Å². The molecule has 0 aromatic heterocycles. The molecule has 0 amide bonds. The minimum absolute atomic E-state index is 1.01. The van der Waals surface area contributed by atoms with Gasteiger partial charge in [0, 0.05) is 0 Å². The minimum atomic E-state index is 1.01. The van der Waals surface area contributed by atoms with Gasteiger partial charge in [0.15, 0.2) is 0 Å². The molecule has 124 valence electrons. The molecule has 5 rings (SSSR count). The number of allylic oxidation sites excluding steroid dienone is 1. The highest BCUT2D eigenvalue weighted by molar-refractivity contribution is 6.01. The van der Waals surface area contributed by atoms with E-state index in [1.54, 1.807) is 0 Å². The van der Waals surface area contributed by atoms with Gasteiger partial charge in [-0.05, 0) is 63.6 Å². The summed E-state index contributed by atoms with van der Waals surface area (Å²) in [4.78, 5) is 0. The predicted octanol–water partition coefficient (Wildman–Crippen LogP) is 6.91. The van der Waals surface area contributed by atoms with Crippen molar-refractivity contribution >= 4 is 22.4 Å². The number of rotatable bonds is 2. The molecular weight excluding hydrogens is 312 g/mol. The van der Waals surface area contributed by atoms with E-state index < -0.39 is 0 Å². The van der Waals surface area contributed by atoms with Gasteiger partial charge in [-0.25, -0.2) is 0 Å². The first-order valence-corrected chi connectivity index (χ1v) is 9.17. The van der Waals surface area contributed by atoms with Gasteiger partial charge in [0.05, 0.1) is 0 Å². The standard InChI is InChI=1S/C26H20/c1-18-7-4-10-20(15-18)22-16-21-11-6-14-25(26(21)17-22)24-13-5-9-19-8-2-3-12-23(19)24/h2-15,17H,16H2,1H3. The van der Waals surface area contributed by atoms with Crippen molar-refractivity contribution in [1.82, 2.24) is 0 Å². The van der Waals surface area contributed by atoms with Crippen molar-refractivity contribution in [3.63, 3.8) is 0 Å². The normalized spacial score (nSPS) is 12.9. The van der Waals surface area contributed by atoms with E-state index in [1.165, 1.54) is 49.7 Å². The largest absolute Gasteiger partial charge is 0.0616 e. The van der Waals surface area contributed by atoms with Crippen molar-refractivity contribution in [2.75, 3.05) is 0 Å². The third-order valence-corrected chi connectivity index (χ3v) is 5.36. The summed E-state index contributed by atoms with van der Waals surface area (Å²) in [5, 5.41) is 2.62. The molecule has 0 saturated heterocycles. The molecule has 4 aromatic carbocycles. The number of fused-ring (bicyclic) bond motifs is 2. The van der Waals surface area contributed by atoms with Crippen LogP contribution in [0.25, 0.3) is 33.5 Å². The fourth-order valence-electron chi connectivity index (χ4n) is 4.09. The van der Waals surface area contributed by atoms with Crippen LogP contribution in [0.15, 0.2) is 84.9 Å². The van der Waals surface area contributed by atoms with Gasteiger partial charge in [0.2, 0.25) is 0 Å². The summed E-state index contributed by atoms with van der Waals surface area (Å²) < 4.78 is 0. The third-order valence-electron chi connectivity index (χ3n) is 5.36. The number of aryl methyl sites for hydroxylation is 1. The van der Waals surface area contributed by atoms with Gasteiger partial charge in [0.25, 0.3) is 0 Å². The molecule has 0 bridgehead atoms. The van der Waals surface area contributed by atoms with E-state index in [0.717, 1.165) is 6.42 Å². The van der Waals surface area contributed by atoms with Gasteiger partial charge in [-0.1, -0.05) is 90.5 Å². The fraction of sp³-hybridized carbons (Fsp3) is 0.0769. The average molecular weight is 332 g/mol. The van der Waals surface area contributed by atoms with E-state index in [4.69, 9.17) is 0 Å². The van der Waals surface area contributed by atoms with Crippen molar-refractivity contribution in [3.8, 4) is 11.1 Å². The minimum Gasteiger partial charge on any atom is -0.0616 e. The molecule has 1 aliphatic carbocycles. The maximum atomic E-state index is 2.39. The SMILES string of the molecule is Cc1cccc(C2=Cc3c(cccc3-c3cccc4ccccc34)C2)c1. The van der Waals surface area contributed by atoms with Crippen LogP contribution >= 0.6 is 0 Å². The Hall–Kier alpha value is -3.12. The summed E-state index contributed by atoms with van der Waals surface area (Å²) in [5.74, 6) is 0. The van der Waals surface area contributed by atoms with Crippen molar-refractivity contribution in [1.29, 1.82) is 0 Å². The summed E-state index contributed by atoms with van der Waals surface area (Å²) >= 11 is 0. The van der Waals surface area contributed by atoms with E-state index in [2.05, 4.69) is 97.9 Å². The van der Waals surface area contributed by atoms with Gasteiger partial charge >= 0.3 is 0 Å². The molecule has 1 aliphatic rings. The first-order valence-electron chi connectivity index (χ1n) is 9.17. The average Bonchev–Trinajstić information content (AvgIpc) is 3.12. The predicted molar refractivity (Wildman–Crippen MR) is 112 cm³/mol. The molecule has 0 saturated carbocycles. The number of hydrogen-bond acceptors (Lipinski definition) is 0. The maximum Gasteiger partial charge on any atom is -0.00134 e. The summed E-state index contributed by atoms with van der Waals surface area (Å²) in [6, 6.07) is 30.8. The Morgan fingerprint density at radius 3 is 2.38 bits per heavy atom. The number of hydrogen-bond donors (Lipinski definition) is 0. The van der Waals surface area contributed by atoms with Crippen LogP contribution < -0.4 is 0 Å². The van der Waals surface area contributed by atoms with Crippen molar-refractivity contribution in [3.05, 3.63) is 107 Å². The quantitative estimate of drug-likeness (QED) is 0.374. The molecule has 0 aliphatic heterocycles. The molecule has 0 heterocycles.